The van der Waals surface area contributed by atoms with Gasteiger partial charge in [0.05, 0.1) is 0 Å². The maximum atomic E-state index is 2.59. The Labute approximate surface area is 169 Å². The molecule has 1 heterocycles. The third-order valence-electron chi connectivity index (χ3n) is 5.68. The van der Waals surface area contributed by atoms with E-state index >= 15 is 0 Å². The fraction of sp³-hybridized carbons (Fsp3) is 0.259. The summed E-state index contributed by atoms with van der Waals surface area (Å²) in [4.78, 5) is 2.59. The minimum absolute atomic E-state index is 1.01. The molecule has 0 fully saturated rings. The summed E-state index contributed by atoms with van der Waals surface area (Å²) in [6.07, 6.45) is 7.02. The summed E-state index contributed by atoms with van der Waals surface area (Å²) in [6.45, 7) is 3.43. The van der Waals surface area contributed by atoms with Crippen molar-refractivity contribution in [1.82, 2.24) is 4.90 Å². The number of hydrogen-bond acceptors (Lipinski definition) is 1. The third-order valence-corrected chi connectivity index (χ3v) is 5.68. The fourth-order valence-corrected chi connectivity index (χ4v) is 4.11. The standard InChI is InChI=1S/C27H29N/c1-3-10-23(11-4-1)14-9-19-28-20-17-25(18-21-28)27-16-8-7-15-26(27)22-24-12-5-2-6-13-24/h1-8,10-13,15-17H,9,14,18-22H2. The number of hydrogen-bond donors (Lipinski definition) is 0. The first-order valence-electron chi connectivity index (χ1n) is 10.5. The molecule has 3 aromatic rings. The zero-order chi connectivity index (χ0) is 19.0. The highest BCUT2D eigenvalue weighted by Crippen LogP contribution is 2.27. The topological polar surface area (TPSA) is 3.24 Å². The Morgan fingerprint density at radius 1 is 0.714 bits per heavy atom. The molecular weight excluding hydrogens is 338 g/mol. The number of nitrogens with zero attached hydrogens (tertiary/aromatic N) is 1. The van der Waals surface area contributed by atoms with Crippen LogP contribution in [-0.4, -0.2) is 24.5 Å². The van der Waals surface area contributed by atoms with Crippen molar-refractivity contribution >= 4 is 5.57 Å². The summed E-state index contributed by atoms with van der Waals surface area (Å²) in [5, 5.41) is 0. The Bertz CT molecular complexity index is 896. The molecule has 1 nitrogen and oxygen atoms in total. The van der Waals surface area contributed by atoms with Gasteiger partial charge in [0, 0.05) is 13.1 Å². The molecule has 0 saturated carbocycles. The van der Waals surface area contributed by atoms with Crippen LogP contribution in [0.3, 0.4) is 0 Å². The van der Waals surface area contributed by atoms with Crippen LogP contribution in [0.2, 0.25) is 0 Å². The average molecular weight is 368 g/mol. The minimum Gasteiger partial charge on any atom is -0.299 e. The van der Waals surface area contributed by atoms with Gasteiger partial charge < -0.3 is 0 Å². The van der Waals surface area contributed by atoms with Crippen molar-refractivity contribution in [3.8, 4) is 0 Å². The number of benzene rings is 3. The second-order valence-electron chi connectivity index (χ2n) is 7.69. The van der Waals surface area contributed by atoms with Crippen LogP contribution in [0.1, 0.15) is 35.1 Å². The second kappa shape index (κ2) is 9.52. The molecule has 0 radical (unpaired) electrons. The van der Waals surface area contributed by atoms with Gasteiger partial charge in [-0.2, -0.15) is 0 Å². The monoisotopic (exact) mass is 367 g/mol. The smallest absolute Gasteiger partial charge is 0.0169 e. The van der Waals surface area contributed by atoms with Gasteiger partial charge in [-0.15, -0.1) is 0 Å². The molecule has 0 saturated heterocycles. The van der Waals surface area contributed by atoms with Crippen molar-refractivity contribution in [3.63, 3.8) is 0 Å². The summed E-state index contributed by atoms with van der Waals surface area (Å²) in [6, 6.07) is 30.6. The second-order valence-corrected chi connectivity index (χ2v) is 7.69. The lowest BCUT2D eigenvalue weighted by atomic mass is 9.91. The van der Waals surface area contributed by atoms with Crippen LogP contribution >= 0.6 is 0 Å². The molecule has 1 heteroatoms. The molecule has 1 aliphatic heterocycles. The maximum absolute atomic E-state index is 2.59. The van der Waals surface area contributed by atoms with Crippen LogP contribution in [0.25, 0.3) is 5.57 Å². The first-order valence-corrected chi connectivity index (χ1v) is 10.5. The SMILES string of the molecule is C1=C(c2ccccc2Cc2ccccc2)CCN(CCCc2ccccc2)C1. The molecule has 0 spiro atoms. The minimum atomic E-state index is 1.01. The Hall–Kier alpha value is -2.64. The van der Waals surface area contributed by atoms with Gasteiger partial charge in [-0.3, -0.25) is 4.90 Å². The first-order chi connectivity index (χ1) is 13.9. The van der Waals surface area contributed by atoms with Crippen molar-refractivity contribution in [1.29, 1.82) is 0 Å². The van der Waals surface area contributed by atoms with E-state index in [-0.39, 0.29) is 0 Å². The molecule has 28 heavy (non-hydrogen) atoms. The molecule has 4 rings (SSSR count). The van der Waals surface area contributed by atoms with Gasteiger partial charge in [0.2, 0.25) is 0 Å². The molecule has 3 aromatic carbocycles. The van der Waals surface area contributed by atoms with E-state index in [1.165, 1.54) is 53.8 Å². The molecule has 0 aromatic heterocycles. The van der Waals surface area contributed by atoms with Gasteiger partial charge in [-0.25, -0.2) is 0 Å². The van der Waals surface area contributed by atoms with Gasteiger partial charge >= 0.3 is 0 Å². The van der Waals surface area contributed by atoms with E-state index in [9.17, 15) is 0 Å². The van der Waals surface area contributed by atoms with Gasteiger partial charge in [0.25, 0.3) is 0 Å². The van der Waals surface area contributed by atoms with E-state index in [1.54, 1.807) is 0 Å². The van der Waals surface area contributed by atoms with Crippen molar-refractivity contribution in [2.24, 2.45) is 0 Å². The van der Waals surface area contributed by atoms with E-state index in [0.717, 1.165) is 19.4 Å². The molecule has 0 bridgehead atoms. The van der Waals surface area contributed by atoms with Crippen LogP contribution in [0.4, 0.5) is 0 Å². The Balaban J connectivity index is 1.36. The summed E-state index contributed by atoms with van der Waals surface area (Å²) in [5.41, 5.74) is 7.23. The lowest BCUT2D eigenvalue weighted by Gasteiger charge is -2.27. The Kier molecular flexibility index (Phi) is 6.36. The zero-order valence-corrected chi connectivity index (χ0v) is 16.6. The third kappa shape index (κ3) is 4.99. The Morgan fingerprint density at radius 3 is 2.11 bits per heavy atom. The average Bonchev–Trinajstić information content (AvgIpc) is 2.76. The van der Waals surface area contributed by atoms with Crippen LogP contribution in [0.5, 0.6) is 0 Å². The van der Waals surface area contributed by atoms with Crippen molar-refractivity contribution < 1.29 is 0 Å². The van der Waals surface area contributed by atoms with E-state index < -0.39 is 0 Å². The lowest BCUT2D eigenvalue weighted by molar-refractivity contribution is 0.298. The van der Waals surface area contributed by atoms with E-state index in [1.807, 2.05) is 0 Å². The Morgan fingerprint density at radius 2 is 1.39 bits per heavy atom. The van der Waals surface area contributed by atoms with Crippen molar-refractivity contribution in [2.75, 3.05) is 19.6 Å². The summed E-state index contributed by atoms with van der Waals surface area (Å²) in [5.74, 6) is 0. The van der Waals surface area contributed by atoms with E-state index in [0.29, 0.717) is 0 Å². The predicted octanol–water partition coefficient (Wildman–Crippen LogP) is 6.00. The lowest BCUT2D eigenvalue weighted by Crippen LogP contribution is -2.29. The van der Waals surface area contributed by atoms with Crippen molar-refractivity contribution in [2.45, 2.75) is 25.7 Å². The van der Waals surface area contributed by atoms with Crippen molar-refractivity contribution in [3.05, 3.63) is 113 Å². The summed E-state index contributed by atoms with van der Waals surface area (Å²) < 4.78 is 0. The van der Waals surface area contributed by atoms with Gasteiger partial charge in [-0.05, 0) is 60.1 Å². The predicted molar refractivity (Wildman–Crippen MR) is 119 cm³/mol. The summed E-state index contributed by atoms with van der Waals surface area (Å²) in [7, 11) is 0. The zero-order valence-electron chi connectivity index (χ0n) is 16.6. The number of aryl methyl sites for hydroxylation is 1. The summed E-state index contributed by atoms with van der Waals surface area (Å²) >= 11 is 0. The highest BCUT2D eigenvalue weighted by molar-refractivity contribution is 5.69. The van der Waals surface area contributed by atoms with E-state index in [4.69, 9.17) is 0 Å². The van der Waals surface area contributed by atoms with Gasteiger partial charge in [-0.1, -0.05) is 91.0 Å². The molecule has 142 valence electrons. The number of rotatable bonds is 7. The largest absolute Gasteiger partial charge is 0.299 e. The quantitative estimate of drug-likeness (QED) is 0.495. The normalized spacial score (nSPS) is 14.6. The molecule has 0 N–H and O–H groups in total. The van der Waals surface area contributed by atoms with Crippen LogP contribution < -0.4 is 0 Å². The molecule has 0 amide bonds. The molecule has 1 aliphatic rings. The molecule has 0 unspecified atom stereocenters. The maximum Gasteiger partial charge on any atom is 0.0169 e. The first kappa shape index (κ1) is 18.7. The van der Waals surface area contributed by atoms with Gasteiger partial charge in [0.15, 0.2) is 0 Å². The van der Waals surface area contributed by atoms with Gasteiger partial charge in [0.1, 0.15) is 0 Å². The molecule has 0 atom stereocenters. The molecule has 0 aliphatic carbocycles. The molecular formula is C27H29N. The van der Waals surface area contributed by atoms with Crippen LogP contribution in [0, 0.1) is 0 Å². The highest BCUT2D eigenvalue weighted by atomic mass is 15.1. The fourth-order valence-electron chi connectivity index (χ4n) is 4.11. The van der Waals surface area contributed by atoms with E-state index in [2.05, 4.69) is 95.9 Å². The van der Waals surface area contributed by atoms with Crippen LogP contribution in [0.15, 0.2) is 91.0 Å². The highest BCUT2D eigenvalue weighted by Gasteiger charge is 2.15. The van der Waals surface area contributed by atoms with Crippen LogP contribution in [-0.2, 0) is 12.8 Å².